The molecule has 2 aromatic carbocycles. The summed E-state index contributed by atoms with van der Waals surface area (Å²) in [5.41, 5.74) is 9.44. The number of nitrogens with one attached hydrogen (secondary N) is 1. The summed E-state index contributed by atoms with van der Waals surface area (Å²) in [6.07, 6.45) is -0.697. The first-order chi connectivity index (χ1) is 17.5. The highest BCUT2D eigenvalue weighted by molar-refractivity contribution is 7.90. The number of ether oxygens (including phenoxy) is 1. The summed E-state index contributed by atoms with van der Waals surface area (Å²) in [4.78, 5) is 30.4. The van der Waals surface area contributed by atoms with E-state index in [1.54, 1.807) is 58.9 Å². The van der Waals surface area contributed by atoms with Gasteiger partial charge in [0.2, 0.25) is 0 Å². The monoisotopic (exact) mass is 564 g/mol. The van der Waals surface area contributed by atoms with Crippen LogP contribution in [0.15, 0.2) is 39.6 Å². The van der Waals surface area contributed by atoms with Crippen LogP contribution in [-0.2, 0) is 30.8 Å². The third kappa shape index (κ3) is 8.77. The topological polar surface area (TPSA) is 172 Å². The van der Waals surface area contributed by atoms with E-state index in [1.807, 2.05) is 19.9 Å². The van der Waals surface area contributed by atoms with Crippen LogP contribution in [0.1, 0.15) is 54.2 Å². The van der Waals surface area contributed by atoms with Gasteiger partial charge in [0.15, 0.2) is 0 Å². The molecule has 1 unspecified atom stereocenters. The minimum absolute atomic E-state index is 0. The molecule has 12 heteroatoms. The maximum atomic E-state index is 13.2. The van der Waals surface area contributed by atoms with E-state index in [-0.39, 0.29) is 22.6 Å². The van der Waals surface area contributed by atoms with Crippen molar-refractivity contribution in [2.24, 2.45) is 10.1 Å². The molecular weight excluding hydrogens is 524 g/mol. The summed E-state index contributed by atoms with van der Waals surface area (Å²) in [7, 11) is -1.34. The normalized spacial score (nSPS) is 12.8. The molecule has 0 heterocycles. The Balaban J connectivity index is 0.00000760. The first-order valence-corrected chi connectivity index (χ1v) is 13.5. The lowest BCUT2D eigenvalue weighted by molar-refractivity contribution is -0.171. The Bertz CT molecular complexity index is 1350. The molecule has 1 atom stereocenters. The molecule has 0 aliphatic heterocycles. The van der Waals surface area contributed by atoms with Crippen molar-refractivity contribution in [2.75, 3.05) is 14.2 Å². The van der Waals surface area contributed by atoms with Gasteiger partial charge in [-0.3, -0.25) is 9.63 Å². The molecule has 0 saturated heterocycles. The third-order valence-electron chi connectivity index (χ3n) is 6.00. The van der Waals surface area contributed by atoms with E-state index in [4.69, 9.17) is 15.3 Å². The van der Waals surface area contributed by atoms with E-state index in [2.05, 4.69) is 9.71 Å². The van der Waals surface area contributed by atoms with Crippen molar-refractivity contribution in [2.45, 2.75) is 71.4 Å². The average molecular weight is 565 g/mol. The number of amidine groups is 1. The molecule has 216 valence electrons. The highest BCUT2D eigenvalue weighted by Crippen LogP contribution is 2.27. The maximum absolute atomic E-state index is 13.2. The molecule has 0 bridgehead atoms. The summed E-state index contributed by atoms with van der Waals surface area (Å²) in [6.45, 7) is 12.4. The van der Waals surface area contributed by atoms with Crippen LogP contribution >= 0.6 is 0 Å². The molecule has 2 rings (SSSR count). The fourth-order valence-electron chi connectivity index (χ4n) is 3.94. The second-order valence-electron chi connectivity index (χ2n) is 10.2. The molecule has 5 N–H and O–H groups in total. The maximum Gasteiger partial charge on any atom is 0.408 e. The zero-order valence-electron chi connectivity index (χ0n) is 24.0. The zero-order valence-corrected chi connectivity index (χ0v) is 24.8. The molecular formula is C27H40N4O7S. The predicted molar refractivity (Wildman–Crippen MR) is 150 cm³/mol. The number of hydroxylamine groups is 2. The number of hydrogen-bond donors (Lipinski definition) is 2. The van der Waals surface area contributed by atoms with E-state index >= 15 is 0 Å². The van der Waals surface area contributed by atoms with Crippen molar-refractivity contribution in [3.8, 4) is 0 Å². The Labute approximate surface area is 230 Å². The molecule has 0 fully saturated rings. The minimum atomic E-state index is -4.09. The second kappa shape index (κ2) is 13.0. The number of sulfonamides is 1. The Hall–Kier alpha value is -3.48. The highest BCUT2D eigenvalue weighted by atomic mass is 32.2. The van der Waals surface area contributed by atoms with Gasteiger partial charge in [-0.1, -0.05) is 24.3 Å². The van der Waals surface area contributed by atoms with Crippen LogP contribution in [0.2, 0.25) is 0 Å². The van der Waals surface area contributed by atoms with Crippen molar-refractivity contribution in [1.29, 1.82) is 0 Å². The van der Waals surface area contributed by atoms with Crippen LogP contribution in [-0.4, -0.2) is 62.6 Å². The molecule has 0 spiro atoms. The summed E-state index contributed by atoms with van der Waals surface area (Å²) >= 11 is 0. The molecule has 0 aliphatic rings. The molecule has 2 amide bonds. The number of hydrogen-bond acceptors (Lipinski definition) is 6. The fraction of sp³-hybridized carbons (Fsp3) is 0.444. The molecule has 0 radical (unpaired) electrons. The number of aryl methyl sites for hydroxylation is 2. The summed E-state index contributed by atoms with van der Waals surface area (Å²) in [6, 6.07) is 7.43. The van der Waals surface area contributed by atoms with Gasteiger partial charge in [0, 0.05) is 19.0 Å². The first kappa shape index (κ1) is 33.5. The van der Waals surface area contributed by atoms with Crippen LogP contribution < -0.4 is 11.1 Å². The number of nitrogens with zero attached hydrogens (tertiary/aromatic N) is 2. The van der Waals surface area contributed by atoms with Crippen molar-refractivity contribution in [1.82, 2.24) is 10.4 Å². The summed E-state index contributed by atoms with van der Waals surface area (Å²) in [5.74, 6) is -0.700. The smallest absolute Gasteiger partial charge is 0.408 e. The number of rotatable bonds is 8. The summed E-state index contributed by atoms with van der Waals surface area (Å²) in [5, 5.41) is 3.58. The number of carbonyl (C=O) groups excluding carboxylic acids is 2. The average Bonchev–Trinajstić information content (AvgIpc) is 2.79. The van der Waals surface area contributed by atoms with E-state index in [9.17, 15) is 18.0 Å². The van der Waals surface area contributed by atoms with Gasteiger partial charge in [-0.25, -0.2) is 9.86 Å². The van der Waals surface area contributed by atoms with Gasteiger partial charge in [0.1, 0.15) is 17.5 Å². The van der Waals surface area contributed by atoms with Crippen LogP contribution in [0.5, 0.6) is 0 Å². The van der Waals surface area contributed by atoms with Crippen LogP contribution in [0.3, 0.4) is 0 Å². The van der Waals surface area contributed by atoms with Crippen molar-refractivity contribution >= 4 is 27.9 Å². The Kier molecular flexibility index (Phi) is 11.2. The predicted octanol–water partition coefficient (Wildman–Crippen LogP) is 2.65. The fourth-order valence-corrected chi connectivity index (χ4v) is 5.40. The number of carbonyl (C=O) groups is 2. The number of likely N-dealkylation sites (N-methyl/N-ethyl adjacent to an activating group) is 1. The van der Waals surface area contributed by atoms with Crippen molar-refractivity contribution < 1.29 is 33.1 Å². The lowest BCUT2D eigenvalue weighted by Gasteiger charge is -2.25. The number of amides is 2. The number of benzene rings is 2. The molecule has 0 saturated carbocycles. The van der Waals surface area contributed by atoms with Gasteiger partial charge in [-0.15, -0.1) is 4.40 Å². The van der Waals surface area contributed by atoms with Gasteiger partial charge in [0.25, 0.3) is 15.9 Å². The van der Waals surface area contributed by atoms with Crippen LogP contribution in [0.25, 0.3) is 0 Å². The lowest BCUT2D eigenvalue weighted by Crippen LogP contribution is -2.49. The van der Waals surface area contributed by atoms with Crippen molar-refractivity contribution in [3.05, 3.63) is 63.7 Å². The van der Waals surface area contributed by atoms with E-state index in [0.717, 1.165) is 16.2 Å². The zero-order chi connectivity index (χ0) is 29.0. The van der Waals surface area contributed by atoms with Crippen molar-refractivity contribution in [3.63, 3.8) is 0 Å². The van der Waals surface area contributed by atoms with Gasteiger partial charge >= 0.3 is 6.09 Å². The SMILES string of the molecule is CON(C)C(=O)C(Cc1cccc(C(N)=NS(=O)(=O)c2c(C)cc(C)c(C)c2C)c1)NC(=O)OC(C)(C)C.O. The first-order valence-electron chi connectivity index (χ1n) is 12.0. The van der Waals surface area contributed by atoms with Gasteiger partial charge in [-0.2, -0.15) is 8.42 Å². The lowest BCUT2D eigenvalue weighted by atomic mass is 10.0. The largest absolute Gasteiger partial charge is 0.444 e. The van der Waals surface area contributed by atoms with Crippen LogP contribution in [0, 0.1) is 27.7 Å². The number of alkyl carbamates (subject to hydrolysis) is 1. The second-order valence-corrected chi connectivity index (χ2v) is 11.7. The van der Waals surface area contributed by atoms with E-state index in [1.165, 1.54) is 14.2 Å². The molecule has 0 aromatic heterocycles. The van der Waals surface area contributed by atoms with Gasteiger partial charge in [-0.05, 0) is 82.3 Å². The molecule has 2 aromatic rings. The molecule has 11 nitrogen and oxygen atoms in total. The molecule has 0 aliphatic carbocycles. The Morgan fingerprint density at radius 3 is 2.26 bits per heavy atom. The van der Waals surface area contributed by atoms with E-state index < -0.39 is 33.7 Å². The Morgan fingerprint density at radius 2 is 1.69 bits per heavy atom. The highest BCUT2D eigenvalue weighted by Gasteiger charge is 2.28. The number of nitrogens with two attached hydrogens (primary N) is 1. The standard InChI is InChI=1S/C27H38N4O6S.H2O/c1-16-13-17(2)23(19(4)18(16)3)38(34,35)30-24(28)21-12-10-11-20(14-21)15-22(25(32)31(8)36-9)29-26(33)37-27(5,6)7;/h10-14,22H,15H2,1-9H3,(H2,28,30)(H,29,33);1H2. The molecule has 39 heavy (non-hydrogen) atoms. The van der Waals surface area contributed by atoms with Gasteiger partial charge < -0.3 is 21.3 Å². The quantitative estimate of drug-likeness (QED) is 0.282. The minimum Gasteiger partial charge on any atom is -0.444 e. The van der Waals surface area contributed by atoms with E-state index in [0.29, 0.717) is 22.3 Å². The Morgan fingerprint density at radius 1 is 1.08 bits per heavy atom. The van der Waals surface area contributed by atoms with Crippen LogP contribution in [0.4, 0.5) is 4.79 Å². The third-order valence-corrected chi connectivity index (χ3v) is 7.58. The summed E-state index contributed by atoms with van der Waals surface area (Å²) < 4.78 is 35.7. The van der Waals surface area contributed by atoms with Gasteiger partial charge in [0.05, 0.1) is 12.0 Å².